The molecule has 0 aromatic heterocycles. The zero-order valence-corrected chi connectivity index (χ0v) is 12.0. The highest BCUT2D eigenvalue weighted by Gasteiger charge is 2.03. The van der Waals surface area contributed by atoms with E-state index in [2.05, 4.69) is 12.1 Å². The highest BCUT2D eigenvalue weighted by Crippen LogP contribution is 2.11. The van der Waals surface area contributed by atoms with Gasteiger partial charge < -0.3 is 9.84 Å². The largest absolute Gasteiger partial charge is 0.508 e. The van der Waals surface area contributed by atoms with Crippen LogP contribution in [0, 0.1) is 0 Å². The van der Waals surface area contributed by atoms with E-state index in [0.29, 0.717) is 19.4 Å². The summed E-state index contributed by atoms with van der Waals surface area (Å²) in [6.45, 7) is 0.736. The molecule has 2 rings (SSSR count). The summed E-state index contributed by atoms with van der Waals surface area (Å²) >= 11 is 0. The first-order valence-electron chi connectivity index (χ1n) is 7.15. The highest BCUT2D eigenvalue weighted by atomic mass is 16.5. The van der Waals surface area contributed by atoms with E-state index in [0.717, 1.165) is 12.0 Å². The molecule has 0 aliphatic carbocycles. The lowest BCUT2D eigenvalue weighted by atomic mass is 10.1. The number of hydrogen-bond acceptors (Lipinski definition) is 3. The predicted molar refractivity (Wildman–Crippen MR) is 82.4 cm³/mol. The van der Waals surface area contributed by atoms with Crippen LogP contribution in [0.3, 0.4) is 0 Å². The third-order valence-corrected chi connectivity index (χ3v) is 3.27. The first kappa shape index (κ1) is 15.3. The molecule has 0 fully saturated rings. The minimum Gasteiger partial charge on any atom is -0.508 e. The monoisotopic (exact) mass is 284 g/mol. The van der Waals surface area contributed by atoms with E-state index in [1.54, 1.807) is 12.1 Å². The summed E-state index contributed by atoms with van der Waals surface area (Å²) in [6, 6.07) is 17.0. The fourth-order valence-corrected chi connectivity index (χ4v) is 2.04. The third kappa shape index (κ3) is 5.79. The fraction of sp³-hybridized carbons (Fsp3) is 0.278. The number of rotatable bonds is 8. The smallest absolute Gasteiger partial charge is 0.158 e. The molecule has 0 atom stereocenters. The van der Waals surface area contributed by atoms with Gasteiger partial charge in [0.2, 0.25) is 0 Å². The Bertz CT molecular complexity index is 546. The Labute approximate surface area is 125 Å². The summed E-state index contributed by atoms with van der Waals surface area (Å²) in [5.41, 5.74) is 2.26. The van der Waals surface area contributed by atoms with Gasteiger partial charge in [0.1, 0.15) is 12.4 Å². The number of aromatic hydroxyl groups is 1. The first-order chi connectivity index (χ1) is 10.2. The summed E-state index contributed by atoms with van der Waals surface area (Å²) in [5, 5.41) is 9.18. The van der Waals surface area contributed by atoms with Crippen molar-refractivity contribution in [3.63, 3.8) is 0 Å². The lowest BCUT2D eigenvalue weighted by Crippen LogP contribution is -2.11. The van der Waals surface area contributed by atoms with Gasteiger partial charge in [0, 0.05) is 6.42 Å². The number of hydrogen-bond donors (Lipinski definition) is 1. The number of phenols is 1. The van der Waals surface area contributed by atoms with Gasteiger partial charge in [-0.3, -0.25) is 4.79 Å². The molecule has 1 N–H and O–H groups in total. The third-order valence-electron chi connectivity index (χ3n) is 3.27. The van der Waals surface area contributed by atoms with Gasteiger partial charge in [-0.15, -0.1) is 0 Å². The van der Waals surface area contributed by atoms with Gasteiger partial charge in [-0.1, -0.05) is 42.5 Å². The lowest BCUT2D eigenvalue weighted by Gasteiger charge is -2.04. The minimum absolute atomic E-state index is 0.108. The zero-order chi connectivity index (χ0) is 14.9. The van der Waals surface area contributed by atoms with Gasteiger partial charge in [-0.25, -0.2) is 0 Å². The van der Waals surface area contributed by atoms with E-state index in [1.165, 1.54) is 5.56 Å². The second kappa shape index (κ2) is 8.22. The van der Waals surface area contributed by atoms with Gasteiger partial charge >= 0.3 is 0 Å². The molecular weight excluding hydrogens is 264 g/mol. The number of carbonyl (C=O) groups excluding carboxylic acids is 1. The summed E-state index contributed by atoms with van der Waals surface area (Å²) in [4.78, 5) is 11.7. The van der Waals surface area contributed by atoms with Crippen LogP contribution in [0.15, 0.2) is 54.6 Å². The molecule has 110 valence electrons. The topological polar surface area (TPSA) is 46.5 Å². The van der Waals surface area contributed by atoms with E-state index >= 15 is 0 Å². The van der Waals surface area contributed by atoms with Gasteiger partial charge in [0.05, 0.1) is 6.61 Å². The van der Waals surface area contributed by atoms with Crippen LogP contribution in [0.5, 0.6) is 5.75 Å². The van der Waals surface area contributed by atoms with Gasteiger partial charge in [0.15, 0.2) is 5.78 Å². The van der Waals surface area contributed by atoms with Gasteiger partial charge in [-0.2, -0.15) is 0 Å². The van der Waals surface area contributed by atoms with E-state index in [9.17, 15) is 9.90 Å². The molecule has 0 saturated carbocycles. The number of Topliss-reactive ketones (excluding diaryl/α,β-unsaturated/α-hetero) is 1. The van der Waals surface area contributed by atoms with Crippen LogP contribution in [0.25, 0.3) is 0 Å². The average Bonchev–Trinajstić information content (AvgIpc) is 2.52. The minimum atomic E-state index is 0.108. The molecule has 0 aliphatic rings. The van der Waals surface area contributed by atoms with Crippen LogP contribution < -0.4 is 0 Å². The maximum atomic E-state index is 11.7. The van der Waals surface area contributed by atoms with Gasteiger partial charge in [-0.05, 0) is 36.1 Å². The van der Waals surface area contributed by atoms with E-state index in [-0.39, 0.29) is 18.1 Å². The quantitative estimate of drug-likeness (QED) is 0.757. The van der Waals surface area contributed by atoms with Crippen molar-refractivity contribution < 1.29 is 14.6 Å². The van der Waals surface area contributed by atoms with Crippen LogP contribution in [0.1, 0.15) is 17.5 Å². The predicted octanol–water partition coefficient (Wildman–Crippen LogP) is 3.15. The maximum absolute atomic E-state index is 11.7. The van der Waals surface area contributed by atoms with Crippen LogP contribution in [-0.2, 0) is 22.4 Å². The number of ether oxygens (including phenoxy) is 1. The summed E-state index contributed by atoms with van der Waals surface area (Å²) < 4.78 is 5.42. The Morgan fingerprint density at radius 2 is 1.57 bits per heavy atom. The molecule has 0 bridgehead atoms. The van der Waals surface area contributed by atoms with Crippen LogP contribution >= 0.6 is 0 Å². The standard InChI is InChI=1S/C18H20O3/c19-17-9-6-16(7-10-17)8-11-18(20)14-21-13-12-15-4-2-1-3-5-15/h1-7,9-10,19H,8,11-14H2. The summed E-state index contributed by atoms with van der Waals surface area (Å²) in [5.74, 6) is 0.352. The Kier molecular flexibility index (Phi) is 5.98. The molecule has 0 heterocycles. The average molecular weight is 284 g/mol. The Balaban J connectivity index is 1.60. The van der Waals surface area contributed by atoms with Crippen molar-refractivity contribution in [3.8, 4) is 5.75 Å². The lowest BCUT2D eigenvalue weighted by molar-refractivity contribution is -0.123. The number of phenolic OH excluding ortho intramolecular Hbond substituents is 1. The highest BCUT2D eigenvalue weighted by molar-refractivity contribution is 5.79. The number of benzene rings is 2. The second-order valence-electron chi connectivity index (χ2n) is 4.99. The molecule has 0 unspecified atom stereocenters. The molecule has 0 amide bonds. The van der Waals surface area contributed by atoms with Crippen molar-refractivity contribution in [2.75, 3.05) is 13.2 Å². The SMILES string of the molecule is O=C(CCc1ccc(O)cc1)COCCc1ccccc1. The van der Waals surface area contributed by atoms with Gasteiger partial charge in [0.25, 0.3) is 0 Å². The molecule has 2 aromatic carbocycles. The van der Waals surface area contributed by atoms with E-state index in [4.69, 9.17) is 4.74 Å². The Morgan fingerprint density at radius 1 is 0.905 bits per heavy atom. The molecule has 3 heteroatoms. The van der Waals surface area contributed by atoms with Crippen LogP contribution in [0.4, 0.5) is 0 Å². The summed E-state index contributed by atoms with van der Waals surface area (Å²) in [7, 11) is 0. The second-order valence-corrected chi connectivity index (χ2v) is 4.99. The van der Waals surface area contributed by atoms with Crippen molar-refractivity contribution >= 4 is 5.78 Å². The first-order valence-corrected chi connectivity index (χ1v) is 7.15. The molecule has 2 aromatic rings. The van der Waals surface area contributed by atoms with Crippen molar-refractivity contribution in [1.82, 2.24) is 0 Å². The molecule has 21 heavy (non-hydrogen) atoms. The fourth-order valence-electron chi connectivity index (χ4n) is 2.04. The van der Waals surface area contributed by atoms with Crippen molar-refractivity contribution in [2.45, 2.75) is 19.3 Å². The molecule has 3 nitrogen and oxygen atoms in total. The van der Waals surface area contributed by atoms with Crippen molar-refractivity contribution in [3.05, 3.63) is 65.7 Å². The van der Waals surface area contributed by atoms with Crippen LogP contribution in [0.2, 0.25) is 0 Å². The normalized spacial score (nSPS) is 10.5. The molecule has 0 saturated heterocycles. The van der Waals surface area contributed by atoms with Crippen LogP contribution in [-0.4, -0.2) is 24.1 Å². The summed E-state index contributed by atoms with van der Waals surface area (Å²) in [6.07, 6.45) is 1.98. The number of carbonyl (C=O) groups is 1. The Morgan fingerprint density at radius 3 is 2.29 bits per heavy atom. The molecular formula is C18H20O3. The molecule has 0 aliphatic heterocycles. The van der Waals surface area contributed by atoms with E-state index in [1.807, 2.05) is 30.3 Å². The maximum Gasteiger partial charge on any atom is 0.158 e. The Hall–Kier alpha value is -2.13. The zero-order valence-electron chi connectivity index (χ0n) is 12.0. The van der Waals surface area contributed by atoms with E-state index < -0.39 is 0 Å². The number of aryl methyl sites for hydroxylation is 1. The molecule has 0 spiro atoms. The van der Waals surface area contributed by atoms with Crippen molar-refractivity contribution in [2.24, 2.45) is 0 Å². The number of ketones is 1. The van der Waals surface area contributed by atoms with Crippen molar-refractivity contribution in [1.29, 1.82) is 0 Å². The molecule has 0 radical (unpaired) electrons.